The third kappa shape index (κ3) is 3.81. The lowest BCUT2D eigenvalue weighted by Crippen LogP contribution is -2.16. The molecule has 17 heavy (non-hydrogen) atoms. The van der Waals surface area contributed by atoms with Gasteiger partial charge in [0, 0.05) is 24.8 Å². The van der Waals surface area contributed by atoms with Crippen LogP contribution in [0.25, 0.3) is 0 Å². The van der Waals surface area contributed by atoms with Crippen molar-refractivity contribution in [2.24, 2.45) is 5.73 Å². The first-order valence-corrected chi connectivity index (χ1v) is 7.03. The summed E-state index contributed by atoms with van der Waals surface area (Å²) in [6, 6.07) is 3.15. The van der Waals surface area contributed by atoms with Crippen LogP contribution < -0.4 is 5.73 Å². The maximum absolute atomic E-state index is 11.4. The summed E-state index contributed by atoms with van der Waals surface area (Å²) in [6.07, 6.45) is 3.28. The number of nitrogens with two attached hydrogens (primary N) is 1. The van der Waals surface area contributed by atoms with Crippen molar-refractivity contribution in [3.63, 3.8) is 0 Å². The molecule has 0 unspecified atom stereocenters. The minimum atomic E-state index is -3.34. The lowest BCUT2D eigenvalue weighted by molar-refractivity contribution is -0.117. The third-order valence-electron chi connectivity index (χ3n) is 2.34. The van der Waals surface area contributed by atoms with Crippen molar-refractivity contribution in [2.45, 2.75) is 24.8 Å². The molecule has 0 fully saturated rings. The van der Waals surface area contributed by atoms with Crippen LogP contribution in [0.5, 0.6) is 0 Å². The second-order valence-corrected chi connectivity index (χ2v) is 5.72. The Morgan fingerprint density at radius 3 is 2.59 bits per heavy atom. The molecule has 2 N–H and O–H groups in total. The monoisotopic (exact) mass is 255 g/mol. The first kappa shape index (κ1) is 13.6. The number of carbonyl (C=O) groups is 1. The van der Waals surface area contributed by atoms with Crippen molar-refractivity contribution in [3.05, 3.63) is 29.8 Å². The van der Waals surface area contributed by atoms with Crippen LogP contribution in [0.1, 0.15) is 25.3 Å². The van der Waals surface area contributed by atoms with Crippen LogP contribution >= 0.6 is 0 Å². The number of amides is 1. The van der Waals surface area contributed by atoms with E-state index in [0.29, 0.717) is 12.0 Å². The van der Waals surface area contributed by atoms with E-state index in [1.54, 1.807) is 6.07 Å². The van der Waals surface area contributed by atoms with Crippen LogP contribution in [0.3, 0.4) is 0 Å². The molecular formula is C11H15N2O3S. The van der Waals surface area contributed by atoms with Crippen molar-refractivity contribution in [1.82, 2.24) is 4.98 Å². The third-order valence-corrected chi connectivity index (χ3v) is 3.32. The Bertz CT molecular complexity index is 511. The van der Waals surface area contributed by atoms with Gasteiger partial charge in [-0.3, -0.25) is 4.79 Å². The summed E-state index contributed by atoms with van der Waals surface area (Å²) in [5.74, 6) is 0.379. The molecule has 1 rings (SSSR count). The number of nitrogens with zero attached hydrogens (tertiary/aromatic N) is 1. The number of primary amides is 1. The fraction of sp³-hybridized carbons (Fsp3) is 0.364. The van der Waals surface area contributed by atoms with Gasteiger partial charge in [0.15, 0.2) is 14.9 Å². The first-order valence-electron chi connectivity index (χ1n) is 5.14. The lowest BCUT2D eigenvalue weighted by atomic mass is 9.94. The van der Waals surface area contributed by atoms with Gasteiger partial charge in [-0.05, 0) is 24.1 Å². The highest BCUT2D eigenvalue weighted by Crippen LogP contribution is 2.23. The Morgan fingerprint density at radius 2 is 2.12 bits per heavy atom. The Morgan fingerprint density at radius 1 is 1.47 bits per heavy atom. The highest BCUT2D eigenvalue weighted by atomic mass is 32.2. The van der Waals surface area contributed by atoms with Gasteiger partial charge in [0.25, 0.3) is 0 Å². The summed E-state index contributed by atoms with van der Waals surface area (Å²) in [6.45, 7) is 1.89. The Hall–Kier alpha value is -1.43. The highest BCUT2D eigenvalue weighted by molar-refractivity contribution is 7.90. The fourth-order valence-electron chi connectivity index (χ4n) is 1.47. The number of hydrogen-bond acceptors (Lipinski definition) is 4. The summed E-state index contributed by atoms with van der Waals surface area (Å²) in [4.78, 5) is 14.7. The van der Waals surface area contributed by atoms with Crippen LogP contribution in [-0.2, 0) is 14.6 Å². The molecule has 1 radical (unpaired) electrons. The van der Waals surface area contributed by atoms with Gasteiger partial charge in [0.05, 0.1) is 0 Å². The summed E-state index contributed by atoms with van der Waals surface area (Å²) in [5.41, 5.74) is 5.83. The Kier molecular flexibility index (Phi) is 4.22. The smallest absolute Gasteiger partial charge is 0.218 e. The number of pyridine rings is 1. The standard InChI is InChI=1S/C11H15N2O3S/c1-3-8(6-10(12)14)9-4-5-13-11(7-9)17(2,15)16/h4-5,7H,3,6H2,1-2H3,(H2,12,14). The molecule has 0 bridgehead atoms. The topological polar surface area (TPSA) is 90.1 Å². The molecule has 0 aliphatic carbocycles. The summed E-state index contributed by atoms with van der Waals surface area (Å²) >= 11 is 0. The van der Waals surface area contributed by atoms with E-state index in [2.05, 4.69) is 4.98 Å². The maximum atomic E-state index is 11.4. The largest absolute Gasteiger partial charge is 0.370 e. The van der Waals surface area contributed by atoms with Crippen molar-refractivity contribution < 1.29 is 13.2 Å². The number of hydrogen-bond donors (Lipinski definition) is 1. The minimum absolute atomic E-state index is 0.00502. The quantitative estimate of drug-likeness (QED) is 0.838. The maximum Gasteiger partial charge on any atom is 0.218 e. The van der Waals surface area contributed by atoms with Gasteiger partial charge in [-0.2, -0.15) is 0 Å². The van der Waals surface area contributed by atoms with E-state index < -0.39 is 15.7 Å². The summed E-state index contributed by atoms with van der Waals surface area (Å²) < 4.78 is 22.7. The molecule has 0 aliphatic rings. The number of rotatable bonds is 5. The van der Waals surface area contributed by atoms with Crippen molar-refractivity contribution >= 4 is 15.7 Å². The predicted octanol–water partition coefficient (Wildman–Crippen LogP) is 0.693. The number of sulfone groups is 1. The van der Waals surface area contributed by atoms with Gasteiger partial charge in [-0.25, -0.2) is 13.4 Å². The Balaban J connectivity index is 3.09. The van der Waals surface area contributed by atoms with Gasteiger partial charge in [-0.15, -0.1) is 0 Å². The second kappa shape index (κ2) is 5.27. The van der Waals surface area contributed by atoms with E-state index in [-0.39, 0.29) is 11.4 Å². The molecule has 1 aromatic heterocycles. The molecule has 0 spiro atoms. The van der Waals surface area contributed by atoms with Crippen molar-refractivity contribution in [3.8, 4) is 0 Å². The average Bonchev–Trinajstić information content (AvgIpc) is 2.24. The van der Waals surface area contributed by atoms with Crippen LogP contribution in [0.4, 0.5) is 0 Å². The number of aromatic nitrogens is 1. The molecular weight excluding hydrogens is 240 g/mol. The van der Waals surface area contributed by atoms with Crippen LogP contribution in [-0.4, -0.2) is 25.6 Å². The molecule has 0 saturated carbocycles. The molecule has 0 atom stereocenters. The summed E-state index contributed by atoms with van der Waals surface area (Å²) in [5, 5.41) is 0.00502. The van der Waals surface area contributed by atoms with Gasteiger partial charge >= 0.3 is 0 Å². The zero-order valence-corrected chi connectivity index (χ0v) is 10.6. The molecule has 1 amide bonds. The first-order chi connectivity index (χ1) is 7.84. The Labute approximate surface area is 101 Å². The molecule has 0 saturated heterocycles. The molecule has 0 aliphatic heterocycles. The number of carbonyl (C=O) groups excluding carboxylic acids is 1. The molecule has 93 valence electrons. The van der Waals surface area contributed by atoms with E-state index in [0.717, 1.165) is 12.2 Å². The zero-order valence-electron chi connectivity index (χ0n) is 9.80. The molecule has 1 aromatic rings. The van der Waals surface area contributed by atoms with Crippen LogP contribution in [0.2, 0.25) is 0 Å². The van der Waals surface area contributed by atoms with Gasteiger partial charge < -0.3 is 5.73 Å². The van der Waals surface area contributed by atoms with Gasteiger partial charge in [0.1, 0.15) is 0 Å². The second-order valence-electron chi connectivity index (χ2n) is 3.76. The fourth-order valence-corrected chi connectivity index (χ4v) is 2.07. The molecule has 6 heteroatoms. The normalized spacial score (nSPS) is 11.7. The SMILES string of the molecule is CC[C](CC(N)=O)c1ccnc(S(C)(=O)=O)c1. The van der Waals surface area contributed by atoms with Gasteiger partial charge in [-0.1, -0.05) is 6.92 Å². The molecule has 1 heterocycles. The molecule has 5 nitrogen and oxygen atoms in total. The lowest BCUT2D eigenvalue weighted by Gasteiger charge is -2.12. The van der Waals surface area contributed by atoms with Crippen LogP contribution in [0, 0.1) is 5.92 Å². The zero-order chi connectivity index (χ0) is 13.1. The van der Waals surface area contributed by atoms with E-state index in [4.69, 9.17) is 5.73 Å². The van der Waals surface area contributed by atoms with E-state index in [1.807, 2.05) is 6.92 Å². The highest BCUT2D eigenvalue weighted by Gasteiger charge is 2.16. The van der Waals surface area contributed by atoms with Crippen LogP contribution in [0.15, 0.2) is 23.4 Å². The summed E-state index contributed by atoms with van der Waals surface area (Å²) in [7, 11) is -3.34. The van der Waals surface area contributed by atoms with E-state index in [1.165, 1.54) is 12.3 Å². The van der Waals surface area contributed by atoms with Crippen molar-refractivity contribution in [1.29, 1.82) is 0 Å². The predicted molar refractivity (Wildman–Crippen MR) is 63.8 cm³/mol. The average molecular weight is 255 g/mol. The van der Waals surface area contributed by atoms with E-state index in [9.17, 15) is 13.2 Å². The van der Waals surface area contributed by atoms with Gasteiger partial charge in [0.2, 0.25) is 5.91 Å². The van der Waals surface area contributed by atoms with E-state index >= 15 is 0 Å². The van der Waals surface area contributed by atoms with Crippen molar-refractivity contribution in [2.75, 3.05) is 6.26 Å². The molecule has 0 aromatic carbocycles. The minimum Gasteiger partial charge on any atom is -0.370 e.